The number of fused-ring (bicyclic) bond motifs is 8. The molecule has 2 aromatic heterocycles. The maximum atomic E-state index is 2.61. The molecule has 1 unspecified atom stereocenters. The standard InChI is InChI=1S/C73H54N2/c1-6-20-49(21-7-1)67-40-41-68(50-22-8-2-9-23-50)74(67)57-36-39-62-63(45-57)71(53-28-14-5-15-29-53)61-38-35-58(75-69(51-24-10-3-11-25-51)42-43-70(75)52-26-12-4-13-27-52)46-64(61)72(62)54-34-37-60-59-32-18-19-33-65(59)73(66(60)44-54)47-55-30-16-17-31-56(55)48-73/h1-12,14-24,26,28-46,51H,13,25,27,47-48H2. The summed E-state index contributed by atoms with van der Waals surface area (Å²) in [6, 6.07) is 82.7. The van der Waals surface area contributed by atoms with Gasteiger partial charge in [0.05, 0.1) is 11.4 Å². The van der Waals surface area contributed by atoms with E-state index >= 15 is 0 Å². The molecule has 0 aliphatic heterocycles. The van der Waals surface area contributed by atoms with Gasteiger partial charge in [-0.25, -0.2) is 0 Å². The van der Waals surface area contributed by atoms with Crippen LogP contribution in [0.15, 0.2) is 261 Å². The molecule has 4 aliphatic rings. The number of hydrogen-bond acceptors (Lipinski definition) is 0. The van der Waals surface area contributed by atoms with E-state index in [9.17, 15) is 0 Å². The van der Waals surface area contributed by atoms with E-state index in [1.165, 1.54) is 111 Å². The third-order valence-corrected chi connectivity index (χ3v) is 17.0. The molecule has 0 bridgehead atoms. The molecule has 0 fully saturated rings. The third-order valence-electron chi connectivity index (χ3n) is 17.0. The summed E-state index contributed by atoms with van der Waals surface area (Å²) in [5.74, 6) is 0.272. The molecule has 0 amide bonds. The van der Waals surface area contributed by atoms with E-state index in [1.807, 2.05) is 0 Å². The molecular weight excluding hydrogens is 905 g/mol. The predicted octanol–water partition coefficient (Wildman–Crippen LogP) is 18.6. The second kappa shape index (κ2) is 17.6. The summed E-state index contributed by atoms with van der Waals surface area (Å²) in [7, 11) is 0. The molecule has 0 saturated heterocycles. The van der Waals surface area contributed by atoms with Gasteiger partial charge in [-0.3, -0.25) is 0 Å². The van der Waals surface area contributed by atoms with Gasteiger partial charge in [0.2, 0.25) is 0 Å². The third kappa shape index (κ3) is 7.00. The highest BCUT2D eigenvalue weighted by Crippen LogP contribution is 2.57. The molecule has 2 heterocycles. The minimum absolute atomic E-state index is 0.144. The summed E-state index contributed by atoms with van der Waals surface area (Å²) in [5.41, 5.74) is 24.4. The lowest BCUT2D eigenvalue weighted by molar-refractivity contribution is 0.564. The molecule has 0 N–H and O–H groups in total. The fourth-order valence-electron chi connectivity index (χ4n) is 13.6. The average molecular weight is 959 g/mol. The quantitative estimate of drug-likeness (QED) is 0.134. The first kappa shape index (κ1) is 43.6. The summed E-state index contributed by atoms with van der Waals surface area (Å²) in [6.07, 6.45) is 21.0. The fourth-order valence-corrected chi connectivity index (χ4v) is 13.6. The highest BCUT2D eigenvalue weighted by molar-refractivity contribution is 6.22. The number of benzene rings is 9. The van der Waals surface area contributed by atoms with E-state index in [0.29, 0.717) is 0 Å². The van der Waals surface area contributed by atoms with Gasteiger partial charge >= 0.3 is 0 Å². The van der Waals surface area contributed by atoms with Crippen molar-refractivity contribution in [2.24, 2.45) is 0 Å². The Morgan fingerprint density at radius 3 is 1.63 bits per heavy atom. The van der Waals surface area contributed by atoms with Crippen molar-refractivity contribution in [1.82, 2.24) is 9.13 Å². The Kier molecular flexibility index (Phi) is 10.2. The molecule has 1 atom stereocenters. The monoisotopic (exact) mass is 958 g/mol. The van der Waals surface area contributed by atoms with E-state index in [0.717, 1.165) is 49.2 Å². The van der Waals surface area contributed by atoms with E-state index < -0.39 is 0 Å². The van der Waals surface area contributed by atoms with E-state index in [2.05, 4.69) is 270 Å². The van der Waals surface area contributed by atoms with Gasteiger partial charge in [-0.1, -0.05) is 206 Å². The van der Waals surface area contributed by atoms with Crippen LogP contribution in [0, 0.1) is 0 Å². The SMILES string of the molecule is C1=CCCC(c2ccc(C3C=CC=CC3)n2-c2ccc3c(-c4ccccc4)c4cc(-n5c(-c6ccccc6)ccc5-c5ccccc5)ccc4c(-c4ccc5c(c4)C4(Cc6ccccc6C4)c4ccccc4-5)c3c2)=C1. The first-order valence-electron chi connectivity index (χ1n) is 26.8. The Labute approximate surface area is 439 Å². The van der Waals surface area contributed by atoms with E-state index in [-0.39, 0.29) is 11.3 Å². The molecule has 1 spiro atoms. The second-order valence-electron chi connectivity index (χ2n) is 21.1. The summed E-state index contributed by atoms with van der Waals surface area (Å²) >= 11 is 0. The predicted molar refractivity (Wildman–Crippen MR) is 314 cm³/mol. The Morgan fingerprint density at radius 1 is 0.400 bits per heavy atom. The van der Waals surface area contributed by atoms with Crippen LogP contribution in [0.2, 0.25) is 0 Å². The summed E-state index contributed by atoms with van der Waals surface area (Å²) < 4.78 is 5.06. The normalized spacial score (nSPS) is 15.9. The fraction of sp³-hybridized carbons (Fsp3) is 0.0959. The molecule has 356 valence electrons. The van der Waals surface area contributed by atoms with Gasteiger partial charge in [0, 0.05) is 34.1 Å². The topological polar surface area (TPSA) is 9.86 Å². The number of hydrogen-bond donors (Lipinski definition) is 0. The molecule has 75 heavy (non-hydrogen) atoms. The number of aromatic nitrogens is 2. The van der Waals surface area contributed by atoms with Crippen LogP contribution in [0.5, 0.6) is 0 Å². The molecule has 0 saturated carbocycles. The van der Waals surface area contributed by atoms with Gasteiger partial charge < -0.3 is 9.13 Å². The lowest BCUT2D eigenvalue weighted by Crippen LogP contribution is -2.25. The van der Waals surface area contributed by atoms with Gasteiger partial charge in [-0.2, -0.15) is 0 Å². The summed E-state index contributed by atoms with van der Waals surface area (Å²) in [6.45, 7) is 0. The van der Waals surface area contributed by atoms with Crippen LogP contribution in [-0.4, -0.2) is 9.13 Å². The van der Waals surface area contributed by atoms with Crippen LogP contribution in [0.4, 0.5) is 0 Å². The molecule has 0 radical (unpaired) electrons. The van der Waals surface area contributed by atoms with Crippen molar-refractivity contribution in [1.29, 1.82) is 0 Å². The summed E-state index contributed by atoms with van der Waals surface area (Å²) in [4.78, 5) is 0. The Morgan fingerprint density at radius 2 is 0.987 bits per heavy atom. The van der Waals surface area contributed by atoms with Gasteiger partial charge in [-0.15, -0.1) is 0 Å². The minimum Gasteiger partial charge on any atom is -0.313 e. The van der Waals surface area contributed by atoms with Crippen LogP contribution < -0.4 is 0 Å². The Balaban J connectivity index is 1.04. The molecule has 11 aromatic rings. The van der Waals surface area contributed by atoms with Gasteiger partial charge in [0.15, 0.2) is 0 Å². The number of rotatable bonds is 8. The molecule has 2 nitrogen and oxygen atoms in total. The molecule has 2 heteroatoms. The van der Waals surface area contributed by atoms with Crippen LogP contribution >= 0.6 is 0 Å². The Hall–Kier alpha value is -8.98. The average Bonchev–Trinajstić information content (AvgIpc) is 4.33. The van der Waals surface area contributed by atoms with Gasteiger partial charge in [0.25, 0.3) is 0 Å². The van der Waals surface area contributed by atoms with E-state index in [4.69, 9.17) is 0 Å². The number of nitrogens with zero attached hydrogens (tertiary/aromatic N) is 2. The van der Waals surface area contributed by atoms with Crippen molar-refractivity contribution < 1.29 is 0 Å². The maximum Gasteiger partial charge on any atom is 0.0535 e. The lowest BCUT2D eigenvalue weighted by atomic mass is 9.75. The number of allylic oxidation sites excluding steroid dienone is 8. The van der Waals surface area contributed by atoms with Gasteiger partial charge in [0.1, 0.15) is 0 Å². The van der Waals surface area contributed by atoms with Crippen LogP contribution in [0.25, 0.3) is 94.4 Å². The first-order chi connectivity index (χ1) is 37.2. The van der Waals surface area contributed by atoms with Crippen LogP contribution in [0.3, 0.4) is 0 Å². The zero-order valence-corrected chi connectivity index (χ0v) is 41.8. The zero-order chi connectivity index (χ0) is 49.5. The van der Waals surface area contributed by atoms with Crippen molar-refractivity contribution >= 4 is 27.1 Å². The molecule has 9 aromatic carbocycles. The molecule has 15 rings (SSSR count). The summed E-state index contributed by atoms with van der Waals surface area (Å²) in [5, 5.41) is 4.97. The smallest absolute Gasteiger partial charge is 0.0535 e. The largest absolute Gasteiger partial charge is 0.313 e. The van der Waals surface area contributed by atoms with E-state index in [1.54, 1.807) is 0 Å². The minimum atomic E-state index is -0.144. The Bertz CT molecular complexity index is 4110. The zero-order valence-electron chi connectivity index (χ0n) is 41.8. The lowest BCUT2D eigenvalue weighted by Gasteiger charge is -2.27. The highest BCUT2D eigenvalue weighted by atomic mass is 15.0. The maximum absolute atomic E-state index is 2.61. The van der Waals surface area contributed by atoms with Crippen LogP contribution in [-0.2, 0) is 18.3 Å². The van der Waals surface area contributed by atoms with Crippen molar-refractivity contribution in [3.8, 4) is 67.3 Å². The van der Waals surface area contributed by atoms with Crippen molar-refractivity contribution in [3.63, 3.8) is 0 Å². The van der Waals surface area contributed by atoms with Crippen LogP contribution in [0.1, 0.15) is 58.8 Å². The molecule has 4 aliphatic carbocycles. The van der Waals surface area contributed by atoms with Crippen molar-refractivity contribution in [2.75, 3.05) is 0 Å². The van der Waals surface area contributed by atoms with Crippen molar-refractivity contribution in [3.05, 3.63) is 295 Å². The second-order valence-corrected chi connectivity index (χ2v) is 21.1. The van der Waals surface area contributed by atoms with Crippen molar-refractivity contribution in [2.45, 2.75) is 43.4 Å². The highest BCUT2D eigenvalue weighted by Gasteiger charge is 2.47. The molecular formula is C73H54N2. The van der Waals surface area contributed by atoms with Gasteiger partial charge in [-0.05, 0) is 181 Å². The first-order valence-corrected chi connectivity index (χ1v) is 26.8.